The van der Waals surface area contributed by atoms with Crippen molar-refractivity contribution in [1.82, 2.24) is 0 Å². The first-order valence-electron chi connectivity index (χ1n) is 2.81. The molecule has 0 rings (SSSR count). The van der Waals surface area contributed by atoms with Crippen molar-refractivity contribution >= 4 is 0 Å². The number of aliphatic hydroxyl groups is 1. The highest BCUT2D eigenvalue weighted by atomic mass is 16.6. The molecule has 0 aromatic carbocycles. The molecular formula is C9H20O2. The highest BCUT2D eigenvalue weighted by Crippen LogP contribution is 2.04. The maximum absolute atomic E-state index is 8.34. The first-order valence-corrected chi connectivity index (χ1v) is 2.81. The van der Waals surface area contributed by atoms with Crippen LogP contribution < -0.4 is 0 Å². The Bertz CT molecular complexity index is 128. The average molecular weight is 160 g/mol. The van der Waals surface area contributed by atoms with Gasteiger partial charge in [-0.2, -0.15) is 0 Å². The predicted octanol–water partition coefficient (Wildman–Crippen LogP) is 2.03. The van der Waals surface area contributed by atoms with E-state index in [0.29, 0.717) is 0 Å². The van der Waals surface area contributed by atoms with Crippen LogP contribution >= 0.6 is 0 Å². The summed E-state index contributed by atoms with van der Waals surface area (Å²) in [7, 11) is 0. The van der Waals surface area contributed by atoms with Gasteiger partial charge in [0.1, 0.15) is 12.4 Å². The van der Waals surface area contributed by atoms with Crippen molar-refractivity contribution in [1.29, 1.82) is 0 Å². The molecule has 0 aromatic rings. The van der Waals surface area contributed by atoms with E-state index in [1.165, 1.54) is 0 Å². The van der Waals surface area contributed by atoms with E-state index >= 15 is 0 Å². The molecule has 0 aliphatic rings. The van der Waals surface area contributed by atoms with Crippen molar-refractivity contribution < 1.29 is 9.84 Å². The van der Waals surface area contributed by atoms with E-state index in [9.17, 15) is 0 Å². The van der Waals surface area contributed by atoms with Gasteiger partial charge < -0.3 is 9.84 Å². The molecule has 1 N–H and O–H groups in total. The zero-order valence-corrected chi connectivity index (χ0v) is 6.06. The molecule has 11 heavy (non-hydrogen) atoms. The van der Waals surface area contributed by atoms with E-state index in [0.717, 1.165) is 0 Å². The zero-order chi connectivity index (χ0) is 7.33. The highest BCUT2D eigenvalue weighted by Gasteiger charge is 2.12. The van der Waals surface area contributed by atoms with Crippen LogP contribution in [0.4, 0.5) is 0 Å². The van der Waals surface area contributed by atoms with Crippen molar-refractivity contribution in [2.24, 2.45) is 0 Å². The average Bonchev–Trinajstić information content (AvgIpc) is 1.64. The summed E-state index contributed by atoms with van der Waals surface area (Å²) in [6, 6.07) is 0. The van der Waals surface area contributed by atoms with Gasteiger partial charge in [0.25, 0.3) is 0 Å². The third-order valence-electron chi connectivity index (χ3n) is 0.851. The smallest absolute Gasteiger partial charge is 0.145 e. The van der Waals surface area contributed by atoms with Crippen LogP contribution in [0.2, 0.25) is 0 Å². The second-order valence-corrected chi connectivity index (χ2v) is 2.16. The summed E-state index contributed by atoms with van der Waals surface area (Å²) in [5, 5.41) is 8.34. The first-order chi connectivity index (χ1) is 4.12. The third-order valence-corrected chi connectivity index (χ3v) is 0.851. The van der Waals surface area contributed by atoms with Gasteiger partial charge in [-0.15, -0.1) is 5.92 Å². The molecule has 0 radical (unpaired) electrons. The van der Waals surface area contributed by atoms with Gasteiger partial charge in [0, 0.05) is 0 Å². The normalized spacial score (nSPS) is 8.36. The van der Waals surface area contributed by atoms with Crippen molar-refractivity contribution in [3.8, 4) is 11.8 Å². The molecule has 0 fully saturated rings. The van der Waals surface area contributed by atoms with Gasteiger partial charge in [0.05, 0.1) is 0 Å². The number of ether oxygens (including phenoxy) is 1. The molecule has 68 valence electrons. The van der Waals surface area contributed by atoms with Gasteiger partial charge in [-0.25, -0.2) is 0 Å². The minimum Gasteiger partial charge on any atom is -0.371 e. The zero-order valence-electron chi connectivity index (χ0n) is 6.06. The van der Waals surface area contributed by atoms with E-state index in [4.69, 9.17) is 9.84 Å². The van der Waals surface area contributed by atoms with Crippen molar-refractivity contribution in [2.75, 3.05) is 6.79 Å². The standard InChI is InChI=1S/C7H12O2.2CH4/c1-4-5-7(2,3)9-6-8;;/h8H,6H2,1-3H3;2*1H4. The second-order valence-electron chi connectivity index (χ2n) is 2.16. The maximum Gasteiger partial charge on any atom is 0.145 e. The summed E-state index contributed by atoms with van der Waals surface area (Å²) < 4.78 is 4.85. The molecule has 2 heteroatoms. The van der Waals surface area contributed by atoms with Crippen LogP contribution in [0.3, 0.4) is 0 Å². The summed E-state index contributed by atoms with van der Waals surface area (Å²) in [5.41, 5.74) is -0.510. The summed E-state index contributed by atoms with van der Waals surface area (Å²) >= 11 is 0. The van der Waals surface area contributed by atoms with Crippen LogP contribution in [0.1, 0.15) is 35.6 Å². The number of hydrogen-bond acceptors (Lipinski definition) is 2. The quantitative estimate of drug-likeness (QED) is 0.494. The summed E-state index contributed by atoms with van der Waals surface area (Å²) in [6.07, 6.45) is 0. The Kier molecular flexibility index (Phi) is 11.6. The van der Waals surface area contributed by atoms with Crippen molar-refractivity contribution in [3.05, 3.63) is 0 Å². The van der Waals surface area contributed by atoms with Crippen LogP contribution in [0, 0.1) is 11.8 Å². The highest BCUT2D eigenvalue weighted by molar-refractivity contribution is 5.08. The number of hydrogen-bond donors (Lipinski definition) is 1. The molecule has 0 spiro atoms. The van der Waals surface area contributed by atoms with Crippen LogP contribution in [0.5, 0.6) is 0 Å². The molecule has 0 unspecified atom stereocenters. The number of aliphatic hydroxyl groups excluding tert-OH is 1. The monoisotopic (exact) mass is 160 g/mol. The SMILES string of the molecule is C.C.CC#CC(C)(C)OCO. The van der Waals surface area contributed by atoms with Crippen LogP contribution in [0.15, 0.2) is 0 Å². The lowest BCUT2D eigenvalue weighted by atomic mass is 10.1. The second kappa shape index (κ2) is 7.59. The van der Waals surface area contributed by atoms with Gasteiger partial charge in [-0.1, -0.05) is 20.8 Å². The van der Waals surface area contributed by atoms with Gasteiger partial charge in [-0.05, 0) is 20.8 Å². The molecular weight excluding hydrogens is 140 g/mol. The predicted molar refractivity (Wildman–Crippen MR) is 49.2 cm³/mol. The van der Waals surface area contributed by atoms with Gasteiger partial charge >= 0.3 is 0 Å². The fraction of sp³-hybridized carbons (Fsp3) is 0.778. The van der Waals surface area contributed by atoms with Crippen molar-refractivity contribution in [3.63, 3.8) is 0 Å². The summed E-state index contributed by atoms with van der Waals surface area (Å²) in [6.45, 7) is 5.07. The van der Waals surface area contributed by atoms with E-state index in [1.807, 2.05) is 0 Å². The van der Waals surface area contributed by atoms with E-state index in [2.05, 4.69) is 11.8 Å². The number of rotatable bonds is 2. The molecule has 0 aliphatic heterocycles. The minimum atomic E-state index is -0.510. The Morgan fingerprint density at radius 3 is 2.09 bits per heavy atom. The molecule has 0 bridgehead atoms. The van der Waals surface area contributed by atoms with E-state index in [-0.39, 0.29) is 21.6 Å². The molecule has 0 heterocycles. The van der Waals surface area contributed by atoms with E-state index in [1.54, 1.807) is 20.8 Å². The van der Waals surface area contributed by atoms with Gasteiger partial charge in [0.2, 0.25) is 0 Å². The van der Waals surface area contributed by atoms with Gasteiger partial charge in [-0.3, -0.25) is 0 Å². The fourth-order valence-corrected chi connectivity index (χ4v) is 0.498. The van der Waals surface area contributed by atoms with Gasteiger partial charge in [0.15, 0.2) is 0 Å². The third kappa shape index (κ3) is 9.48. The Labute approximate surface area is 70.6 Å². The summed E-state index contributed by atoms with van der Waals surface area (Å²) in [4.78, 5) is 0. The fourth-order valence-electron chi connectivity index (χ4n) is 0.498. The van der Waals surface area contributed by atoms with Crippen LogP contribution in [-0.4, -0.2) is 17.5 Å². The first kappa shape index (κ1) is 16.8. The molecule has 0 aliphatic carbocycles. The summed E-state index contributed by atoms with van der Waals surface area (Å²) in [5.74, 6) is 5.50. The van der Waals surface area contributed by atoms with E-state index < -0.39 is 5.60 Å². The largest absolute Gasteiger partial charge is 0.371 e. The topological polar surface area (TPSA) is 29.5 Å². The molecule has 0 atom stereocenters. The minimum absolute atomic E-state index is 0. The lowest BCUT2D eigenvalue weighted by Crippen LogP contribution is -2.22. The van der Waals surface area contributed by atoms with Crippen LogP contribution in [-0.2, 0) is 4.74 Å². The molecule has 0 saturated heterocycles. The maximum atomic E-state index is 8.34. The molecule has 2 nitrogen and oxygen atoms in total. The molecule has 0 amide bonds. The molecule has 0 aromatic heterocycles. The Morgan fingerprint density at radius 1 is 1.36 bits per heavy atom. The van der Waals surface area contributed by atoms with Crippen LogP contribution in [0.25, 0.3) is 0 Å². The lowest BCUT2D eigenvalue weighted by molar-refractivity contribution is -0.0681. The molecule has 0 saturated carbocycles. The Hall–Kier alpha value is -0.520. The Morgan fingerprint density at radius 2 is 1.82 bits per heavy atom. The lowest BCUT2D eigenvalue weighted by Gasteiger charge is -2.15. The Balaban J connectivity index is -0.000000320. The van der Waals surface area contributed by atoms with Crippen molar-refractivity contribution in [2.45, 2.75) is 41.2 Å².